The van der Waals surface area contributed by atoms with Crippen molar-refractivity contribution < 1.29 is 14.4 Å². The van der Waals surface area contributed by atoms with Crippen LogP contribution in [0.1, 0.15) is 23.8 Å². The summed E-state index contributed by atoms with van der Waals surface area (Å²) >= 11 is 0. The van der Waals surface area contributed by atoms with Crippen molar-refractivity contribution in [3.8, 4) is 0 Å². The molecule has 0 aliphatic carbocycles. The van der Waals surface area contributed by atoms with E-state index in [0.29, 0.717) is 6.42 Å². The van der Waals surface area contributed by atoms with Crippen LogP contribution in [-0.4, -0.2) is 33.8 Å². The minimum Gasteiger partial charge on any atom is -0.383 e. The van der Waals surface area contributed by atoms with Gasteiger partial charge in [0.15, 0.2) is 11.5 Å². The molecule has 0 spiro atoms. The van der Waals surface area contributed by atoms with Crippen LogP contribution in [-0.2, 0) is 4.79 Å². The van der Waals surface area contributed by atoms with Gasteiger partial charge in [-0.2, -0.15) is 0 Å². The number of aromatic nitrogens is 2. The fraction of sp³-hybridized carbons (Fsp3) is 0.333. The minimum atomic E-state index is -0.821. The lowest BCUT2D eigenvalue weighted by molar-refractivity contribution is -0.117. The summed E-state index contributed by atoms with van der Waals surface area (Å²) in [5, 5.41) is 2.35. The number of nitrogens with one attached hydrogen (secondary N) is 1. The molecule has 0 radical (unpaired) electrons. The molecule has 92 valence electrons. The Morgan fingerprint density at radius 1 is 1.47 bits per heavy atom. The van der Waals surface area contributed by atoms with E-state index in [4.69, 9.17) is 11.5 Å². The van der Waals surface area contributed by atoms with Gasteiger partial charge in [-0.1, -0.05) is 6.92 Å². The van der Waals surface area contributed by atoms with Crippen LogP contribution in [0.25, 0.3) is 0 Å². The Balaban J connectivity index is 2.76. The lowest BCUT2D eigenvalue weighted by atomic mass is 10.3. The number of rotatable bonds is 4. The zero-order chi connectivity index (χ0) is 13.0. The SMILES string of the molecule is CCC(=O)CNC(=O)n1cnc(C(N)=O)c1N. The van der Waals surface area contributed by atoms with Gasteiger partial charge in [-0.15, -0.1) is 0 Å². The van der Waals surface area contributed by atoms with Crippen molar-refractivity contribution in [1.29, 1.82) is 0 Å². The Labute approximate surface area is 97.0 Å². The summed E-state index contributed by atoms with van der Waals surface area (Å²) in [6, 6.07) is -0.635. The standard InChI is InChI=1S/C9H13N5O3/c1-2-5(15)3-12-9(17)14-4-13-6(7(14)10)8(11)16/h4H,2-3,10H2,1H3,(H2,11,16)(H,12,17). The molecule has 0 unspecified atom stereocenters. The average molecular weight is 239 g/mol. The third kappa shape index (κ3) is 2.80. The van der Waals surface area contributed by atoms with Gasteiger partial charge in [0.1, 0.15) is 12.1 Å². The van der Waals surface area contributed by atoms with Gasteiger partial charge in [-0.3, -0.25) is 9.59 Å². The molecule has 0 aromatic carbocycles. The lowest BCUT2D eigenvalue weighted by Crippen LogP contribution is -2.33. The first-order chi connectivity index (χ1) is 7.97. The molecule has 1 aromatic heterocycles. The fourth-order valence-corrected chi connectivity index (χ4v) is 1.09. The van der Waals surface area contributed by atoms with Crippen molar-refractivity contribution in [2.24, 2.45) is 5.73 Å². The van der Waals surface area contributed by atoms with Gasteiger partial charge in [0.2, 0.25) is 0 Å². The number of hydrogen-bond donors (Lipinski definition) is 3. The van der Waals surface area contributed by atoms with Crippen LogP contribution < -0.4 is 16.8 Å². The molecule has 2 amide bonds. The predicted octanol–water partition coefficient (Wildman–Crippen LogP) is -0.899. The second kappa shape index (κ2) is 5.10. The smallest absolute Gasteiger partial charge is 0.328 e. The molecule has 0 aliphatic heterocycles. The summed E-state index contributed by atoms with van der Waals surface area (Å²) < 4.78 is 0.920. The number of ketones is 1. The number of imidazole rings is 1. The molecule has 0 aliphatic rings. The van der Waals surface area contributed by atoms with Crippen molar-refractivity contribution in [1.82, 2.24) is 14.9 Å². The highest BCUT2D eigenvalue weighted by Gasteiger charge is 2.16. The van der Waals surface area contributed by atoms with E-state index in [1.165, 1.54) is 0 Å². The van der Waals surface area contributed by atoms with Crippen LogP contribution in [0.15, 0.2) is 6.33 Å². The summed E-state index contributed by atoms with van der Waals surface area (Å²) in [7, 11) is 0. The van der Waals surface area contributed by atoms with Crippen LogP contribution >= 0.6 is 0 Å². The van der Waals surface area contributed by atoms with Gasteiger partial charge < -0.3 is 16.8 Å². The summed E-state index contributed by atoms with van der Waals surface area (Å²) in [5.74, 6) is -1.09. The summed E-state index contributed by atoms with van der Waals surface area (Å²) in [6.45, 7) is 1.59. The number of nitrogen functional groups attached to an aromatic ring is 1. The zero-order valence-electron chi connectivity index (χ0n) is 9.27. The molecule has 0 saturated heterocycles. The second-order valence-corrected chi connectivity index (χ2v) is 3.26. The fourth-order valence-electron chi connectivity index (χ4n) is 1.09. The number of Topliss-reactive ketones (excluding diaryl/α,β-unsaturated/α-hetero) is 1. The van der Waals surface area contributed by atoms with E-state index in [0.717, 1.165) is 10.9 Å². The monoisotopic (exact) mass is 239 g/mol. The van der Waals surface area contributed by atoms with E-state index in [-0.39, 0.29) is 23.8 Å². The first-order valence-electron chi connectivity index (χ1n) is 4.89. The molecule has 0 fully saturated rings. The highest BCUT2D eigenvalue weighted by Crippen LogP contribution is 2.08. The van der Waals surface area contributed by atoms with Crippen LogP contribution in [0.2, 0.25) is 0 Å². The number of nitrogens with zero attached hydrogens (tertiary/aromatic N) is 2. The van der Waals surface area contributed by atoms with Crippen LogP contribution in [0.4, 0.5) is 10.6 Å². The Kier molecular flexibility index (Phi) is 3.81. The number of amides is 2. The Bertz CT molecular complexity index is 465. The van der Waals surface area contributed by atoms with E-state index >= 15 is 0 Å². The number of nitrogens with two attached hydrogens (primary N) is 2. The molecule has 1 rings (SSSR count). The van der Waals surface area contributed by atoms with Crippen LogP contribution in [0.3, 0.4) is 0 Å². The maximum Gasteiger partial charge on any atom is 0.328 e. The molecule has 8 nitrogen and oxygen atoms in total. The molecule has 1 aromatic rings. The van der Waals surface area contributed by atoms with Crippen LogP contribution in [0, 0.1) is 0 Å². The molecule has 17 heavy (non-hydrogen) atoms. The largest absolute Gasteiger partial charge is 0.383 e. The second-order valence-electron chi connectivity index (χ2n) is 3.26. The van der Waals surface area contributed by atoms with Gasteiger partial charge in [0, 0.05) is 6.42 Å². The zero-order valence-corrected chi connectivity index (χ0v) is 9.27. The first kappa shape index (κ1) is 12.7. The Hall–Kier alpha value is -2.38. The van der Waals surface area contributed by atoms with Gasteiger partial charge in [0.25, 0.3) is 5.91 Å². The van der Waals surface area contributed by atoms with E-state index in [1.807, 2.05) is 0 Å². The topological polar surface area (TPSA) is 133 Å². The maximum absolute atomic E-state index is 11.5. The van der Waals surface area contributed by atoms with Gasteiger partial charge in [0.05, 0.1) is 6.54 Å². The summed E-state index contributed by atoms with van der Waals surface area (Å²) in [4.78, 5) is 37.0. The molecule has 0 saturated carbocycles. The van der Waals surface area contributed by atoms with Gasteiger partial charge in [-0.25, -0.2) is 14.3 Å². The molecule has 8 heteroatoms. The molecular formula is C9H13N5O3. The molecular weight excluding hydrogens is 226 g/mol. The minimum absolute atomic E-state index is 0.0984. The summed E-state index contributed by atoms with van der Waals surface area (Å²) in [5.41, 5.74) is 10.3. The van der Waals surface area contributed by atoms with Crippen molar-refractivity contribution in [2.45, 2.75) is 13.3 Å². The highest BCUT2D eigenvalue weighted by molar-refractivity contribution is 5.97. The molecule has 0 atom stereocenters. The van der Waals surface area contributed by atoms with Crippen molar-refractivity contribution in [2.75, 3.05) is 12.3 Å². The summed E-state index contributed by atoms with van der Waals surface area (Å²) in [6.07, 6.45) is 1.40. The van der Waals surface area contributed by atoms with Gasteiger partial charge >= 0.3 is 6.03 Å². The number of carbonyl (C=O) groups is 3. The van der Waals surface area contributed by atoms with Crippen molar-refractivity contribution in [3.05, 3.63) is 12.0 Å². The Morgan fingerprint density at radius 3 is 2.59 bits per heavy atom. The maximum atomic E-state index is 11.5. The number of anilines is 1. The first-order valence-corrected chi connectivity index (χ1v) is 4.89. The number of primary amides is 1. The van der Waals surface area contributed by atoms with Crippen molar-refractivity contribution >= 4 is 23.5 Å². The Morgan fingerprint density at radius 2 is 2.12 bits per heavy atom. The third-order valence-electron chi connectivity index (χ3n) is 2.09. The lowest BCUT2D eigenvalue weighted by Gasteiger charge is -2.05. The predicted molar refractivity (Wildman–Crippen MR) is 59.3 cm³/mol. The van der Waals surface area contributed by atoms with Crippen LogP contribution in [0.5, 0.6) is 0 Å². The van der Waals surface area contributed by atoms with E-state index in [2.05, 4.69) is 10.3 Å². The van der Waals surface area contributed by atoms with E-state index < -0.39 is 11.9 Å². The van der Waals surface area contributed by atoms with E-state index in [1.54, 1.807) is 6.92 Å². The number of hydrogen-bond acceptors (Lipinski definition) is 5. The quantitative estimate of drug-likeness (QED) is 0.626. The van der Waals surface area contributed by atoms with E-state index in [9.17, 15) is 14.4 Å². The number of carbonyl (C=O) groups excluding carboxylic acids is 3. The van der Waals surface area contributed by atoms with Gasteiger partial charge in [-0.05, 0) is 0 Å². The molecule has 1 heterocycles. The molecule has 5 N–H and O–H groups in total. The third-order valence-corrected chi connectivity index (χ3v) is 2.09. The average Bonchev–Trinajstić information content (AvgIpc) is 2.67. The highest BCUT2D eigenvalue weighted by atomic mass is 16.2. The van der Waals surface area contributed by atoms with Crippen molar-refractivity contribution in [3.63, 3.8) is 0 Å². The molecule has 0 bridgehead atoms. The normalized spacial score (nSPS) is 9.94.